The molecule has 1 nitrogen and oxygen atoms in total. The predicted molar refractivity (Wildman–Crippen MR) is 60.8 cm³/mol. The zero-order valence-electron chi connectivity index (χ0n) is 9.45. The average molecular weight is 251 g/mol. The summed E-state index contributed by atoms with van der Waals surface area (Å²) in [7, 11) is 0. The number of alkyl halides is 3. The molecule has 0 aliphatic carbocycles. The Morgan fingerprint density at radius 2 is 2.00 bits per heavy atom. The Kier molecular flexibility index (Phi) is 4.80. The summed E-state index contributed by atoms with van der Waals surface area (Å²) in [5.74, 6) is 0. The molecule has 1 N–H and O–H groups in total. The van der Waals surface area contributed by atoms with Gasteiger partial charge in [0.2, 0.25) is 0 Å². The summed E-state index contributed by atoms with van der Waals surface area (Å²) in [4.78, 5) is 2.48. The summed E-state index contributed by atoms with van der Waals surface area (Å²) in [6.45, 7) is 5.14. The molecule has 0 aromatic carbocycles. The quantitative estimate of drug-likeness (QED) is 0.785. The summed E-state index contributed by atoms with van der Waals surface area (Å²) in [6, 6.07) is 2.08. The highest BCUT2D eigenvalue weighted by molar-refractivity contribution is 7.12. The number of rotatable bonds is 5. The fourth-order valence-corrected chi connectivity index (χ4v) is 2.44. The van der Waals surface area contributed by atoms with E-state index in [0.717, 1.165) is 0 Å². The maximum absolute atomic E-state index is 11.8. The summed E-state index contributed by atoms with van der Waals surface area (Å²) in [6.07, 6.45) is -4.59. The van der Waals surface area contributed by atoms with Gasteiger partial charge >= 0.3 is 6.18 Å². The first-order valence-corrected chi connectivity index (χ1v) is 6.03. The monoisotopic (exact) mass is 251 g/mol. The molecule has 1 aromatic heterocycles. The SMILES string of the molecule is Cc1cc(CNCCCC(F)(F)F)c(C)s1. The zero-order valence-corrected chi connectivity index (χ0v) is 10.3. The van der Waals surface area contributed by atoms with Crippen LogP contribution in [0.4, 0.5) is 13.2 Å². The average Bonchev–Trinajstić information content (AvgIpc) is 2.42. The Morgan fingerprint density at radius 3 is 2.50 bits per heavy atom. The first kappa shape index (κ1) is 13.5. The van der Waals surface area contributed by atoms with Gasteiger partial charge in [0.25, 0.3) is 0 Å². The Labute approximate surface area is 97.7 Å². The Morgan fingerprint density at radius 1 is 1.31 bits per heavy atom. The van der Waals surface area contributed by atoms with Crippen molar-refractivity contribution in [3.05, 3.63) is 21.4 Å². The second-order valence-corrected chi connectivity index (χ2v) is 5.29. The lowest BCUT2D eigenvalue weighted by Crippen LogP contribution is -2.17. The molecule has 0 aliphatic rings. The fraction of sp³-hybridized carbons (Fsp3) is 0.636. The third-order valence-corrected chi connectivity index (χ3v) is 3.28. The first-order valence-electron chi connectivity index (χ1n) is 5.22. The molecule has 0 radical (unpaired) electrons. The summed E-state index contributed by atoms with van der Waals surface area (Å²) < 4.78 is 35.5. The Hall–Kier alpha value is -0.550. The van der Waals surface area contributed by atoms with Crippen molar-refractivity contribution in [1.82, 2.24) is 5.32 Å². The van der Waals surface area contributed by atoms with E-state index in [1.54, 1.807) is 11.3 Å². The van der Waals surface area contributed by atoms with E-state index < -0.39 is 12.6 Å². The number of thiophene rings is 1. The molecule has 0 saturated heterocycles. The highest BCUT2D eigenvalue weighted by atomic mass is 32.1. The molecule has 16 heavy (non-hydrogen) atoms. The minimum absolute atomic E-state index is 0.145. The van der Waals surface area contributed by atoms with Crippen LogP contribution in [0.1, 0.15) is 28.2 Å². The van der Waals surface area contributed by atoms with Gasteiger partial charge in [-0.1, -0.05) is 0 Å². The van der Waals surface area contributed by atoms with E-state index in [9.17, 15) is 13.2 Å². The lowest BCUT2D eigenvalue weighted by molar-refractivity contribution is -0.135. The molecule has 0 fully saturated rings. The van der Waals surface area contributed by atoms with Crippen LogP contribution in [0.25, 0.3) is 0 Å². The predicted octanol–water partition coefficient (Wildman–Crippen LogP) is 3.80. The van der Waals surface area contributed by atoms with Crippen molar-refractivity contribution in [3.8, 4) is 0 Å². The molecular formula is C11H16F3NS. The standard InChI is InChI=1S/C11H16F3NS/c1-8-6-10(9(2)16-8)7-15-5-3-4-11(12,13)14/h6,15H,3-5,7H2,1-2H3. The van der Waals surface area contributed by atoms with Crippen molar-refractivity contribution in [1.29, 1.82) is 0 Å². The van der Waals surface area contributed by atoms with E-state index in [-0.39, 0.29) is 6.42 Å². The molecular weight excluding hydrogens is 235 g/mol. The summed E-state index contributed by atoms with van der Waals surface area (Å²) >= 11 is 1.72. The van der Waals surface area contributed by atoms with E-state index >= 15 is 0 Å². The number of aryl methyl sites for hydroxylation is 2. The largest absolute Gasteiger partial charge is 0.389 e. The van der Waals surface area contributed by atoms with Crippen LogP contribution >= 0.6 is 11.3 Å². The molecule has 0 saturated carbocycles. The Balaban J connectivity index is 2.19. The maximum Gasteiger partial charge on any atom is 0.389 e. The normalized spacial score (nSPS) is 12.1. The molecule has 0 aliphatic heterocycles. The number of hydrogen-bond acceptors (Lipinski definition) is 2. The van der Waals surface area contributed by atoms with Crippen molar-refractivity contribution in [2.24, 2.45) is 0 Å². The fourth-order valence-electron chi connectivity index (χ4n) is 1.50. The molecule has 0 bridgehead atoms. The molecule has 0 atom stereocenters. The second-order valence-electron chi connectivity index (χ2n) is 3.83. The number of nitrogens with one attached hydrogen (secondary N) is 1. The van der Waals surface area contributed by atoms with Gasteiger partial charge in [-0.15, -0.1) is 11.3 Å². The summed E-state index contributed by atoms with van der Waals surface area (Å²) in [5, 5.41) is 3.04. The number of halogens is 3. The Bertz CT molecular complexity index is 330. The van der Waals surface area contributed by atoms with E-state index in [2.05, 4.69) is 11.4 Å². The second kappa shape index (κ2) is 5.68. The van der Waals surface area contributed by atoms with Gasteiger partial charge < -0.3 is 5.32 Å². The van der Waals surface area contributed by atoms with Crippen molar-refractivity contribution in [2.45, 2.75) is 39.4 Å². The van der Waals surface area contributed by atoms with Gasteiger partial charge in [0.05, 0.1) is 0 Å². The van der Waals surface area contributed by atoms with Crippen molar-refractivity contribution in [2.75, 3.05) is 6.54 Å². The van der Waals surface area contributed by atoms with Crippen molar-refractivity contribution < 1.29 is 13.2 Å². The first-order chi connectivity index (χ1) is 7.38. The molecule has 92 valence electrons. The molecule has 1 aromatic rings. The van der Waals surface area contributed by atoms with Gasteiger partial charge in [-0.05, 0) is 38.4 Å². The van der Waals surface area contributed by atoms with Crippen LogP contribution in [-0.2, 0) is 6.54 Å². The van der Waals surface area contributed by atoms with Gasteiger partial charge in [-0.3, -0.25) is 0 Å². The van der Waals surface area contributed by atoms with E-state index in [1.807, 2.05) is 13.8 Å². The molecule has 1 rings (SSSR count). The zero-order chi connectivity index (χ0) is 12.2. The van der Waals surface area contributed by atoms with Gasteiger partial charge in [0.1, 0.15) is 0 Å². The highest BCUT2D eigenvalue weighted by Crippen LogP contribution is 2.21. The highest BCUT2D eigenvalue weighted by Gasteiger charge is 2.25. The van der Waals surface area contributed by atoms with Crippen LogP contribution in [0.3, 0.4) is 0 Å². The smallest absolute Gasteiger partial charge is 0.313 e. The van der Waals surface area contributed by atoms with Crippen molar-refractivity contribution >= 4 is 11.3 Å². The third-order valence-electron chi connectivity index (χ3n) is 2.27. The van der Waals surface area contributed by atoms with E-state index in [1.165, 1.54) is 15.3 Å². The number of hydrogen-bond donors (Lipinski definition) is 1. The molecule has 1 heterocycles. The van der Waals surface area contributed by atoms with Gasteiger partial charge in [0.15, 0.2) is 0 Å². The van der Waals surface area contributed by atoms with E-state index in [0.29, 0.717) is 13.1 Å². The van der Waals surface area contributed by atoms with Crippen LogP contribution in [-0.4, -0.2) is 12.7 Å². The molecule has 5 heteroatoms. The van der Waals surface area contributed by atoms with E-state index in [4.69, 9.17) is 0 Å². The van der Waals surface area contributed by atoms with Gasteiger partial charge in [-0.2, -0.15) is 13.2 Å². The minimum Gasteiger partial charge on any atom is -0.313 e. The van der Waals surface area contributed by atoms with Crippen LogP contribution < -0.4 is 5.32 Å². The van der Waals surface area contributed by atoms with Crippen LogP contribution in [0, 0.1) is 13.8 Å². The summed E-state index contributed by atoms with van der Waals surface area (Å²) in [5.41, 5.74) is 1.19. The van der Waals surface area contributed by atoms with Crippen LogP contribution in [0.5, 0.6) is 0 Å². The lowest BCUT2D eigenvalue weighted by atomic mass is 10.2. The van der Waals surface area contributed by atoms with Gasteiger partial charge in [0, 0.05) is 22.7 Å². The topological polar surface area (TPSA) is 12.0 Å². The van der Waals surface area contributed by atoms with Crippen LogP contribution in [0.2, 0.25) is 0 Å². The van der Waals surface area contributed by atoms with Gasteiger partial charge in [-0.25, -0.2) is 0 Å². The van der Waals surface area contributed by atoms with Crippen LogP contribution in [0.15, 0.2) is 6.07 Å². The molecule has 0 spiro atoms. The molecule has 0 unspecified atom stereocenters. The molecule has 0 amide bonds. The lowest BCUT2D eigenvalue weighted by Gasteiger charge is -2.07. The maximum atomic E-state index is 11.8. The van der Waals surface area contributed by atoms with Crippen molar-refractivity contribution in [3.63, 3.8) is 0 Å². The minimum atomic E-state index is -4.03. The third kappa shape index (κ3) is 4.99.